The molecule has 5 aromatic carbocycles. The molecule has 0 N–H and O–H groups in total. The summed E-state index contributed by atoms with van der Waals surface area (Å²) in [4.78, 5) is 10.8. The Kier molecular flexibility index (Phi) is 11.2. The van der Waals surface area contributed by atoms with E-state index in [1.165, 1.54) is 55.5 Å². The molecule has 0 saturated carbocycles. The van der Waals surface area contributed by atoms with Crippen LogP contribution in [0.15, 0.2) is 84.0 Å². The van der Waals surface area contributed by atoms with Gasteiger partial charge in [0.1, 0.15) is 5.65 Å². The molecule has 332 valence electrons. The molecular weight excluding hydrogens is 982 g/mol. The van der Waals surface area contributed by atoms with Crippen LogP contribution in [0.3, 0.4) is 0 Å². The van der Waals surface area contributed by atoms with Gasteiger partial charge < -0.3 is 14.3 Å². The molecule has 2 atom stereocenters. The van der Waals surface area contributed by atoms with Crippen LogP contribution in [0.25, 0.3) is 38.8 Å². The van der Waals surface area contributed by atoms with E-state index < -0.39 is 0 Å². The van der Waals surface area contributed by atoms with Crippen molar-refractivity contribution in [1.82, 2.24) is 9.55 Å². The number of benzene rings is 5. The van der Waals surface area contributed by atoms with Crippen LogP contribution in [0, 0.1) is 59.1 Å². The Bertz CT molecular complexity index is 3060. The van der Waals surface area contributed by atoms with Gasteiger partial charge in [-0.05, 0) is 139 Å². The van der Waals surface area contributed by atoms with Crippen LogP contribution in [0.2, 0.25) is 0 Å². The fraction of sp³-hybridized carbons (Fsp3) is 0.379. The molecule has 0 amide bonds. The molecule has 0 spiro atoms. The second-order valence-corrected chi connectivity index (χ2v) is 23.3. The van der Waals surface area contributed by atoms with Crippen LogP contribution >= 0.6 is 11.8 Å². The molecule has 6 heteroatoms. The first-order chi connectivity index (χ1) is 29.4. The average molecular weight is 1050 g/mol. The summed E-state index contributed by atoms with van der Waals surface area (Å²) in [6.07, 6.45) is 2.87. The predicted octanol–water partition coefficient (Wildman–Crippen LogP) is 15.4. The molecule has 0 bridgehead atoms. The third-order valence-corrected chi connectivity index (χ3v) is 15.9. The van der Waals surface area contributed by atoms with Gasteiger partial charge in [0.05, 0.1) is 15.8 Å². The fourth-order valence-electron chi connectivity index (χ4n) is 10.7. The largest absolute Gasteiger partial charge is 2.00 e. The van der Waals surface area contributed by atoms with Crippen LogP contribution in [-0.2, 0) is 43.1 Å². The minimum absolute atomic E-state index is 0. The molecule has 0 saturated heterocycles. The third-order valence-electron chi connectivity index (χ3n) is 13.9. The molecule has 2 aromatic heterocycles. The summed E-state index contributed by atoms with van der Waals surface area (Å²) in [6, 6.07) is 35.0. The number of nitrogens with zero attached hydrogens (tertiary/aromatic N) is 3. The van der Waals surface area contributed by atoms with Crippen LogP contribution in [0.1, 0.15) is 130 Å². The number of hydrogen-bond acceptors (Lipinski definition) is 4. The van der Waals surface area contributed by atoms with E-state index in [2.05, 4.69) is 200 Å². The maximum Gasteiger partial charge on any atom is 2.00 e. The van der Waals surface area contributed by atoms with Gasteiger partial charge in [-0.1, -0.05) is 122 Å². The molecule has 4 nitrogen and oxygen atoms in total. The zero-order chi connectivity index (χ0) is 45.3. The Morgan fingerprint density at radius 1 is 0.672 bits per heavy atom. The van der Waals surface area contributed by atoms with Crippen LogP contribution in [0.5, 0.6) is 11.5 Å². The predicted molar refractivity (Wildman–Crippen MR) is 268 cm³/mol. The number of hydrogen-bond donors (Lipinski definition) is 0. The van der Waals surface area contributed by atoms with Gasteiger partial charge in [-0.15, -0.1) is 47.2 Å². The van der Waals surface area contributed by atoms with Crippen molar-refractivity contribution in [3.63, 3.8) is 0 Å². The van der Waals surface area contributed by atoms with Crippen molar-refractivity contribution in [1.29, 1.82) is 0 Å². The molecule has 0 unspecified atom stereocenters. The summed E-state index contributed by atoms with van der Waals surface area (Å²) in [7, 11) is 0. The molecule has 7 aromatic rings. The third kappa shape index (κ3) is 7.51. The number of thioether (sulfide) groups is 1. The second kappa shape index (κ2) is 15.6. The van der Waals surface area contributed by atoms with E-state index in [9.17, 15) is 0 Å². The number of aromatic nitrogens is 2. The zero-order valence-corrected chi connectivity index (χ0v) is 43.8. The summed E-state index contributed by atoms with van der Waals surface area (Å²) in [5.74, 6) is 1.28. The molecule has 9 rings (SSSR count). The number of aliphatic imine (C=N–C) groups is 1. The Morgan fingerprint density at radius 3 is 1.98 bits per heavy atom. The first-order valence-electron chi connectivity index (χ1n) is 22.6. The molecule has 0 radical (unpaired) electrons. The van der Waals surface area contributed by atoms with Crippen LogP contribution in [0.4, 0.5) is 0 Å². The molecule has 2 aliphatic rings. The maximum absolute atomic E-state index is 7.11. The van der Waals surface area contributed by atoms with E-state index in [-0.39, 0.29) is 47.6 Å². The van der Waals surface area contributed by atoms with E-state index in [1.54, 1.807) is 0 Å². The van der Waals surface area contributed by atoms with Crippen molar-refractivity contribution in [2.24, 2.45) is 10.4 Å². The Hall–Kier alpha value is -4.44. The van der Waals surface area contributed by atoms with E-state index in [0.29, 0.717) is 11.5 Å². The Labute approximate surface area is 401 Å². The summed E-state index contributed by atoms with van der Waals surface area (Å²) in [5.41, 5.74) is 18.4. The molecule has 64 heavy (non-hydrogen) atoms. The van der Waals surface area contributed by atoms with Crippen molar-refractivity contribution in [3.05, 3.63) is 152 Å². The topological polar surface area (TPSA) is 39.4 Å². The van der Waals surface area contributed by atoms with E-state index in [1.807, 2.05) is 18.0 Å². The normalized spacial score (nSPS) is 18.6. The van der Waals surface area contributed by atoms with Gasteiger partial charge in [0.15, 0.2) is 0 Å². The number of fused-ring (bicyclic) bond motifs is 6. The quantitative estimate of drug-likeness (QED) is 0.161. The summed E-state index contributed by atoms with van der Waals surface area (Å²) < 4.78 is 9.12. The van der Waals surface area contributed by atoms with Crippen molar-refractivity contribution in [3.8, 4) is 28.3 Å². The van der Waals surface area contributed by atoms with Crippen molar-refractivity contribution in [2.75, 3.05) is 0 Å². The molecular formula is C58H63N3OPtS. The van der Waals surface area contributed by atoms with Gasteiger partial charge in [-0.25, -0.2) is 4.98 Å². The van der Waals surface area contributed by atoms with Gasteiger partial charge >= 0.3 is 21.1 Å². The minimum Gasteiger partial charge on any atom is -0.503 e. The minimum atomic E-state index is -0.333. The first-order valence-corrected chi connectivity index (χ1v) is 23.4. The van der Waals surface area contributed by atoms with Gasteiger partial charge in [-0.3, -0.25) is 0 Å². The zero-order valence-electron chi connectivity index (χ0n) is 40.7. The molecule has 1 aliphatic heterocycles. The number of ether oxygens (including phenoxy) is 1. The van der Waals surface area contributed by atoms with Crippen molar-refractivity contribution >= 4 is 38.7 Å². The smallest absolute Gasteiger partial charge is 0.503 e. The summed E-state index contributed by atoms with van der Waals surface area (Å²) >= 11 is 1.93. The summed E-state index contributed by atoms with van der Waals surface area (Å²) in [5, 5.41) is 3.34. The maximum atomic E-state index is 7.11. The molecule has 1 aliphatic carbocycles. The summed E-state index contributed by atoms with van der Waals surface area (Å²) in [6.45, 7) is 36.3. The number of rotatable bonds is 5. The average Bonchev–Trinajstić information content (AvgIpc) is 3.75. The van der Waals surface area contributed by atoms with Crippen LogP contribution in [-0.4, -0.2) is 20.1 Å². The van der Waals surface area contributed by atoms with E-state index >= 15 is 0 Å². The Balaban J connectivity index is 0.00000560. The standard InChI is InChI=1S/C58H63N3OS.Pt/c1-33-19-37(5)51(38(6)20-33)39-24-40(53-60-57(16)31-41-22-35(3)36(4)23-49(41)58(57,63-53)56(13,14)15)26-45(25-39)62-46-28-43(55(10,11)12)27-44(30-46)61-50-18-17-42(54(7,8)9)29-47(50)48-21-34(2)32-59-52(48)61;/h17-25,27-29,32H,31H2,1-16H3;/q-2;+2/t57-,58-;/m1./s1. The number of aryl methyl sites for hydroxylation is 6. The van der Waals surface area contributed by atoms with Gasteiger partial charge in [0.2, 0.25) is 0 Å². The second-order valence-electron chi connectivity index (χ2n) is 22.1. The monoisotopic (exact) mass is 1040 g/mol. The Morgan fingerprint density at radius 2 is 1.33 bits per heavy atom. The van der Waals surface area contributed by atoms with Gasteiger partial charge in [0, 0.05) is 33.5 Å². The van der Waals surface area contributed by atoms with E-state index in [0.717, 1.165) is 56.0 Å². The van der Waals surface area contributed by atoms with Crippen LogP contribution < -0.4 is 4.74 Å². The molecule has 3 heterocycles. The van der Waals surface area contributed by atoms with Crippen molar-refractivity contribution in [2.45, 2.75) is 138 Å². The van der Waals surface area contributed by atoms with Gasteiger partial charge in [-0.2, -0.15) is 0 Å². The van der Waals surface area contributed by atoms with Gasteiger partial charge in [0.25, 0.3) is 0 Å². The fourth-order valence-corrected chi connectivity index (χ4v) is 12.4. The molecule has 0 fully saturated rings. The first kappa shape index (κ1) is 46.1. The SMILES string of the molecule is Cc1cc(C)c(-c2cc(Oc3[c-]c(-n4c5ccc(C(C)(C)C)cc5c5cc(C)cnc54)cc(C(C)(C)C)c3)[c-]c(C3=N[C@]4(C)Cc5cc(C)c(C)cc5[C@]4(C(C)(C)C)S3)c2)c(C)c1.[Pt+2]. The van der Waals surface area contributed by atoms with E-state index in [4.69, 9.17) is 14.7 Å². The number of pyridine rings is 1. The van der Waals surface area contributed by atoms with Crippen molar-refractivity contribution < 1.29 is 25.8 Å².